The van der Waals surface area contributed by atoms with E-state index in [9.17, 15) is 9.59 Å². The van der Waals surface area contributed by atoms with Gasteiger partial charge in [-0.3, -0.25) is 4.90 Å². The van der Waals surface area contributed by atoms with Gasteiger partial charge in [-0.15, -0.1) is 0 Å². The van der Waals surface area contributed by atoms with E-state index < -0.39 is 23.7 Å². The van der Waals surface area contributed by atoms with Gasteiger partial charge >= 0.3 is 12.1 Å². The third-order valence-electron chi connectivity index (χ3n) is 2.79. The van der Waals surface area contributed by atoms with Crippen LogP contribution in [0.2, 0.25) is 0 Å². The van der Waals surface area contributed by atoms with E-state index in [0.717, 1.165) is 6.42 Å². The van der Waals surface area contributed by atoms with Crippen LogP contribution in [0.25, 0.3) is 0 Å². The van der Waals surface area contributed by atoms with Crippen LogP contribution < -0.4 is 0 Å². The van der Waals surface area contributed by atoms with Crippen LogP contribution in [-0.2, 0) is 14.3 Å². The van der Waals surface area contributed by atoms with Crippen LogP contribution in [0.4, 0.5) is 4.79 Å². The second kappa shape index (κ2) is 5.82. The lowest BCUT2D eigenvalue weighted by Crippen LogP contribution is -2.48. The number of thiol groups is 1. The van der Waals surface area contributed by atoms with Crippen LogP contribution in [-0.4, -0.2) is 47.5 Å². The Bertz CT molecular complexity index is 327. The van der Waals surface area contributed by atoms with E-state index >= 15 is 0 Å². The minimum atomic E-state index is -0.582. The zero-order valence-electron chi connectivity index (χ0n) is 11.3. The van der Waals surface area contributed by atoms with Gasteiger partial charge in [-0.1, -0.05) is 0 Å². The molecule has 2 atom stereocenters. The molecule has 1 rings (SSSR count). The summed E-state index contributed by atoms with van der Waals surface area (Å²) in [6.45, 7) is 5.39. The summed E-state index contributed by atoms with van der Waals surface area (Å²) in [5.74, 6) is 0.109. The summed E-state index contributed by atoms with van der Waals surface area (Å²) in [6, 6.07) is -0.630. The monoisotopic (exact) mass is 275 g/mol. The van der Waals surface area contributed by atoms with Gasteiger partial charge in [0.05, 0.1) is 7.11 Å². The van der Waals surface area contributed by atoms with E-state index in [-0.39, 0.29) is 6.04 Å². The minimum absolute atomic E-state index is 0.0766. The van der Waals surface area contributed by atoms with Crippen molar-refractivity contribution < 1.29 is 19.1 Å². The van der Waals surface area contributed by atoms with Crippen molar-refractivity contribution in [3.05, 3.63) is 0 Å². The molecule has 104 valence electrons. The van der Waals surface area contributed by atoms with Crippen LogP contribution in [0.1, 0.15) is 33.6 Å². The highest BCUT2D eigenvalue weighted by Crippen LogP contribution is 2.28. The van der Waals surface area contributed by atoms with Gasteiger partial charge in [0.2, 0.25) is 0 Å². The Kier molecular flexibility index (Phi) is 4.90. The summed E-state index contributed by atoms with van der Waals surface area (Å²) < 4.78 is 10.0. The molecule has 0 aromatic rings. The summed E-state index contributed by atoms with van der Waals surface area (Å²) in [7, 11) is 1.32. The molecule has 0 unspecified atom stereocenters. The normalized spacial score (nSPS) is 23.9. The van der Waals surface area contributed by atoms with E-state index in [1.54, 1.807) is 20.8 Å². The number of hydrogen-bond donors (Lipinski definition) is 1. The van der Waals surface area contributed by atoms with Crippen molar-refractivity contribution in [2.75, 3.05) is 12.9 Å². The van der Waals surface area contributed by atoms with Gasteiger partial charge in [0.25, 0.3) is 0 Å². The third kappa shape index (κ3) is 3.54. The first-order chi connectivity index (χ1) is 8.30. The zero-order chi connectivity index (χ0) is 13.9. The highest BCUT2D eigenvalue weighted by Gasteiger charge is 2.42. The first-order valence-electron chi connectivity index (χ1n) is 6.00. The maximum absolute atomic E-state index is 12.1. The Labute approximate surface area is 113 Å². The zero-order valence-corrected chi connectivity index (χ0v) is 12.2. The molecule has 0 spiro atoms. The van der Waals surface area contributed by atoms with Crippen LogP contribution in [0.5, 0.6) is 0 Å². The smallest absolute Gasteiger partial charge is 0.411 e. The van der Waals surface area contributed by atoms with E-state index in [0.29, 0.717) is 12.2 Å². The predicted octanol–water partition coefficient (Wildman–Crippen LogP) is 1.86. The molecule has 1 amide bonds. The number of carbonyl (C=O) groups is 2. The fourth-order valence-electron chi connectivity index (χ4n) is 2.02. The number of likely N-dealkylation sites (tertiary alicyclic amines) is 1. The molecular formula is C12H21NO4S. The fourth-order valence-corrected chi connectivity index (χ4v) is 2.38. The molecule has 1 fully saturated rings. The van der Waals surface area contributed by atoms with E-state index in [1.165, 1.54) is 12.0 Å². The van der Waals surface area contributed by atoms with E-state index in [1.807, 2.05) is 0 Å². The van der Waals surface area contributed by atoms with E-state index in [2.05, 4.69) is 12.6 Å². The standard InChI is InChI=1S/C12H21NO4S/c1-12(2,3)17-11(15)13-8(7-18)5-6-9(13)10(14)16-4/h8-9,18H,5-7H2,1-4H3/t8-,9-/m0/s1. The summed E-state index contributed by atoms with van der Waals surface area (Å²) in [5.41, 5.74) is -0.582. The number of nitrogens with zero attached hydrogens (tertiary/aromatic N) is 1. The van der Waals surface area contributed by atoms with Crippen molar-refractivity contribution in [1.82, 2.24) is 4.90 Å². The number of ether oxygens (including phenoxy) is 2. The van der Waals surface area contributed by atoms with Crippen molar-refractivity contribution in [3.63, 3.8) is 0 Å². The number of methoxy groups -OCH3 is 1. The Morgan fingerprint density at radius 3 is 2.39 bits per heavy atom. The second-order valence-electron chi connectivity index (χ2n) is 5.34. The number of carbonyl (C=O) groups excluding carboxylic acids is 2. The molecular weight excluding hydrogens is 254 g/mol. The minimum Gasteiger partial charge on any atom is -0.467 e. The number of esters is 1. The van der Waals surface area contributed by atoms with E-state index in [4.69, 9.17) is 9.47 Å². The second-order valence-corrected chi connectivity index (χ2v) is 5.71. The van der Waals surface area contributed by atoms with Gasteiger partial charge in [0.15, 0.2) is 0 Å². The Hall–Kier alpha value is -0.910. The molecule has 0 aromatic carbocycles. The van der Waals surface area contributed by atoms with Crippen LogP contribution >= 0.6 is 12.6 Å². The molecule has 0 aromatic heterocycles. The van der Waals surface area contributed by atoms with Gasteiger partial charge in [0.1, 0.15) is 11.6 Å². The molecule has 1 aliphatic rings. The lowest BCUT2D eigenvalue weighted by atomic mass is 10.2. The third-order valence-corrected chi connectivity index (χ3v) is 3.21. The number of rotatable bonds is 2. The first kappa shape index (κ1) is 15.1. The molecule has 1 aliphatic heterocycles. The van der Waals surface area contributed by atoms with Crippen LogP contribution in [0, 0.1) is 0 Å². The van der Waals surface area contributed by atoms with Crippen LogP contribution in [0.15, 0.2) is 0 Å². The number of amides is 1. The molecule has 1 heterocycles. The first-order valence-corrected chi connectivity index (χ1v) is 6.63. The lowest BCUT2D eigenvalue weighted by molar-refractivity contribution is -0.146. The van der Waals surface area contributed by atoms with Crippen molar-refractivity contribution in [3.8, 4) is 0 Å². The topological polar surface area (TPSA) is 55.8 Å². The molecule has 0 bridgehead atoms. The predicted molar refractivity (Wildman–Crippen MR) is 70.8 cm³/mol. The SMILES string of the molecule is COC(=O)[C@@H]1CC[C@@H](CS)N1C(=O)OC(C)(C)C. The van der Waals surface area contributed by atoms with Gasteiger partial charge in [-0.2, -0.15) is 12.6 Å². The lowest BCUT2D eigenvalue weighted by Gasteiger charge is -2.30. The molecule has 0 N–H and O–H groups in total. The van der Waals surface area contributed by atoms with Gasteiger partial charge in [0, 0.05) is 11.8 Å². The summed E-state index contributed by atoms with van der Waals surface area (Å²) in [4.78, 5) is 25.2. The Morgan fingerprint density at radius 1 is 1.33 bits per heavy atom. The molecule has 1 saturated heterocycles. The largest absolute Gasteiger partial charge is 0.467 e. The quantitative estimate of drug-likeness (QED) is 0.617. The van der Waals surface area contributed by atoms with Crippen LogP contribution in [0.3, 0.4) is 0 Å². The summed E-state index contributed by atoms with van der Waals surface area (Å²) in [6.07, 6.45) is 0.856. The maximum Gasteiger partial charge on any atom is 0.411 e. The summed E-state index contributed by atoms with van der Waals surface area (Å²) >= 11 is 4.22. The number of hydrogen-bond acceptors (Lipinski definition) is 5. The van der Waals surface area contributed by atoms with Gasteiger partial charge < -0.3 is 9.47 Å². The maximum atomic E-state index is 12.1. The molecule has 0 aliphatic carbocycles. The van der Waals surface area contributed by atoms with Crippen molar-refractivity contribution in [1.29, 1.82) is 0 Å². The molecule has 0 saturated carbocycles. The fraction of sp³-hybridized carbons (Fsp3) is 0.833. The molecule has 5 nitrogen and oxygen atoms in total. The van der Waals surface area contributed by atoms with Crippen molar-refractivity contribution >= 4 is 24.7 Å². The average molecular weight is 275 g/mol. The molecule has 18 heavy (non-hydrogen) atoms. The van der Waals surface area contributed by atoms with Gasteiger partial charge in [-0.05, 0) is 33.6 Å². The van der Waals surface area contributed by atoms with Crippen molar-refractivity contribution in [2.45, 2.75) is 51.3 Å². The summed E-state index contributed by atoms with van der Waals surface area (Å²) in [5, 5.41) is 0. The molecule has 0 radical (unpaired) electrons. The Morgan fingerprint density at radius 2 is 1.94 bits per heavy atom. The van der Waals surface area contributed by atoms with Gasteiger partial charge in [-0.25, -0.2) is 9.59 Å². The molecule has 6 heteroatoms. The highest BCUT2D eigenvalue weighted by atomic mass is 32.1. The average Bonchev–Trinajstić information content (AvgIpc) is 2.69. The Balaban J connectivity index is 2.84. The van der Waals surface area contributed by atoms with Crippen molar-refractivity contribution in [2.24, 2.45) is 0 Å². The highest BCUT2D eigenvalue weighted by molar-refractivity contribution is 7.80.